The molecule has 16 aromatic rings. The van der Waals surface area contributed by atoms with Gasteiger partial charge >= 0.3 is 0 Å². The van der Waals surface area contributed by atoms with Crippen LogP contribution >= 0.6 is 0 Å². The van der Waals surface area contributed by atoms with Crippen LogP contribution in [0.2, 0.25) is 0 Å². The van der Waals surface area contributed by atoms with E-state index in [4.69, 9.17) is 0 Å². The average Bonchev–Trinajstić information content (AvgIpc) is 0.776. The molecule has 0 unspecified atom stereocenters. The van der Waals surface area contributed by atoms with Crippen molar-refractivity contribution in [1.29, 1.82) is 0 Å². The number of benzene rings is 16. The van der Waals surface area contributed by atoms with Crippen molar-refractivity contribution in [3.63, 3.8) is 0 Å². The normalized spacial score (nSPS) is 10.1. The van der Waals surface area contributed by atoms with Crippen molar-refractivity contribution in [3.05, 3.63) is 452 Å². The molecule has 0 spiro atoms. The number of aldehydes is 7. The van der Waals surface area contributed by atoms with Gasteiger partial charge in [-0.15, -0.1) is 0 Å². The molecule has 0 saturated heterocycles. The van der Waals surface area contributed by atoms with E-state index >= 15 is 0 Å². The average molecular weight is 1580 g/mol. The highest BCUT2D eigenvalue weighted by Gasteiger charge is 2.17. The minimum absolute atomic E-state index is 0. The Morgan fingerprint density at radius 3 is 0.767 bits per heavy atom. The summed E-state index contributed by atoms with van der Waals surface area (Å²) in [6.45, 7) is 18.1. The van der Waals surface area contributed by atoms with Gasteiger partial charge in [0.15, 0.2) is 67.1 Å². The minimum Gasteiger partial charge on any atom is -0.298 e. The molecule has 0 atom stereocenters. The third-order valence-electron chi connectivity index (χ3n) is 19.5. The van der Waals surface area contributed by atoms with Gasteiger partial charge in [-0.1, -0.05) is 264 Å². The molecule has 14 heteroatoms. The zero-order valence-corrected chi connectivity index (χ0v) is 65.6. The Kier molecular flexibility index (Phi) is 31.1. The Morgan fingerprint density at radius 2 is 0.450 bits per heavy atom. The lowest BCUT2D eigenvalue weighted by Crippen LogP contribution is -2.00. The first-order valence-corrected chi connectivity index (χ1v) is 37.5. The molecule has 0 bridgehead atoms. The Balaban J connectivity index is 0.000000161. The highest BCUT2D eigenvalue weighted by molar-refractivity contribution is 6.10. The van der Waals surface area contributed by atoms with Gasteiger partial charge in [0.1, 0.15) is 0 Å². The van der Waals surface area contributed by atoms with Crippen LogP contribution in [0.5, 0.6) is 0 Å². The van der Waals surface area contributed by atoms with Crippen molar-refractivity contribution < 1.29 is 57.7 Å². The summed E-state index contributed by atoms with van der Waals surface area (Å²) in [7, 11) is 0. The van der Waals surface area contributed by atoms with Crippen LogP contribution in [0, 0.1) is 10.1 Å². The highest BCUT2D eigenvalue weighted by atomic mass is 16.6. The zero-order chi connectivity index (χ0) is 85.1. The molecule has 120 heavy (non-hydrogen) atoms. The molecule has 0 N–H and O–H groups in total. The molecule has 0 aliphatic carbocycles. The number of nitrogens with zero attached hydrogens (tertiary/aromatic N) is 1. The summed E-state index contributed by atoms with van der Waals surface area (Å²) < 4.78 is 0. The maximum absolute atomic E-state index is 11.6. The Bertz CT molecular complexity index is 6620. The molecule has 16 rings (SSSR count). The molecule has 590 valence electrons. The first-order valence-electron chi connectivity index (χ1n) is 37.5. The van der Waals surface area contributed by atoms with Crippen molar-refractivity contribution in [2.45, 2.75) is 35.1 Å². The van der Waals surface area contributed by atoms with Gasteiger partial charge in [0.05, 0.1) is 4.92 Å². The quantitative estimate of drug-likeness (QED) is 0.0256. The van der Waals surface area contributed by atoms with E-state index in [1.54, 1.807) is 54.6 Å². The highest BCUT2D eigenvalue weighted by Crippen LogP contribution is 2.34. The number of ketones is 4. The van der Waals surface area contributed by atoms with Crippen LogP contribution in [0.15, 0.2) is 347 Å². The van der Waals surface area contributed by atoms with Crippen LogP contribution in [-0.4, -0.2) is 72.1 Å². The van der Waals surface area contributed by atoms with Crippen LogP contribution < -0.4 is 0 Å². The predicted molar refractivity (Wildman–Crippen MR) is 485 cm³/mol. The molecule has 0 aliphatic rings. The smallest absolute Gasteiger partial charge is 0.270 e. The Morgan fingerprint density at radius 1 is 0.233 bits per heavy atom. The fraction of sp³-hybridized carbons (Fsp3) is 0.0472. The van der Waals surface area contributed by atoms with Crippen molar-refractivity contribution in [2.24, 2.45) is 0 Å². The lowest BCUT2D eigenvalue weighted by Gasteiger charge is -2.12. The van der Waals surface area contributed by atoms with Crippen LogP contribution in [-0.2, 0) is 0 Å². The van der Waals surface area contributed by atoms with E-state index in [-0.39, 0.29) is 47.4 Å². The number of hydrogen-bond donors (Lipinski definition) is 0. The van der Waals surface area contributed by atoms with Crippen LogP contribution in [0.3, 0.4) is 0 Å². The van der Waals surface area contributed by atoms with E-state index in [2.05, 4.69) is 50.1 Å². The molecule has 14 nitrogen and oxygen atoms in total. The molecule has 0 saturated carbocycles. The fourth-order valence-corrected chi connectivity index (χ4v) is 13.3. The zero-order valence-electron chi connectivity index (χ0n) is 65.6. The van der Waals surface area contributed by atoms with Gasteiger partial charge in [-0.05, 0) is 221 Å². The molecule has 16 aromatic carbocycles. The van der Waals surface area contributed by atoms with Crippen LogP contribution in [0.1, 0.15) is 182 Å². The van der Waals surface area contributed by atoms with E-state index in [0.29, 0.717) is 62.6 Å². The molecule has 0 amide bonds. The number of nitro groups is 1. The number of fused-ring (bicyclic) bond motifs is 6. The van der Waals surface area contributed by atoms with Gasteiger partial charge < -0.3 is 0 Å². The van der Waals surface area contributed by atoms with Gasteiger partial charge in [0, 0.05) is 73.3 Å². The first kappa shape index (κ1) is 88.0. The van der Waals surface area contributed by atoms with Crippen molar-refractivity contribution in [2.75, 3.05) is 0 Å². The second-order valence-electron chi connectivity index (χ2n) is 27.3. The summed E-state index contributed by atoms with van der Waals surface area (Å²) >= 11 is 0. The number of Topliss-reactive ketones (excluding diaryl/α,β-unsaturated/α-hetero) is 4. The lowest BCUT2D eigenvalue weighted by atomic mass is 9.92. The summed E-state index contributed by atoms with van der Waals surface area (Å²) in [5, 5.41) is 23.3. The minimum atomic E-state index is -0.610. The molecule has 0 aliphatic heterocycles. The van der Waals surface area contributed by atoms with Gasteiger partial charge in [-0.25, -0.2) is 0 Å². The molecular formula is C106H83NO13. The van der Waals surface area contributed by atoms with E-state index in [1.165, 1.54) is 50.6 Å². The number of non-ortho nitro benzene ring substituents is 1. The molecule has 0 aromatic heterocycles. The predicted octanol–water partition coefficient (Wildman–Crippen LogP) is 25.0. The number of hydrogen-bond acceptors (Lipinski definition) is 13. The van der Waals surface area contributed by atoms with Crippen LogP contribution in [0.4, 0.5) is 5.69 Å². The summed E-state index contributed by atoms with van der Waals surface area (Å²) in [4.78, 5) is 131. The van der Waals surface area contributed by atoms with Gasteiger partial charge in [-0.2, -0.15) is 0 Å². The van der Waals surface area contributed by atoms with Crippen molar-refractivity contribution in [3.8, 4) is 0 Å². The second kappa shape index (κ2) is 42.4. The van der Waals surface area contributed by atoms with Crippen molar-refractivity contribution >= 4 is 154 Å². The summed E-state index contributed by atoms with van der Waals surface area (Å²) in [6.07, 6.45) is 5.34. The van der Waals surface area contributed by atoms with Gasteiger partial charge in [0.25, 0.3) is 5.69 Å². The maximum Gasteiger partial charge on any atom is 0.270 e. The standard InChI is InChI=1S/C23H16O.C19H14O.C17H12O2.C15H12O.C13H10O2.C9H7NO4.C9H8O2.CH4/c1-16(17-7-3-2-4-8-17)23-14-21-12-19-10-6-5-9-18(19)11-20(21)13-22(23)15-24;1-14(15-7-3-2-4-8-15)19-12-17-10-6-5-9-16(17)11-18(19)13-20;1-11(19)17-9-15-7-13-5-3-2-4-12(13)6-14(15)8-16(17)10-18;1-12(13-7-3-2-4-8-13)15-10-6-5-9-14(15)11-16;1-9(15)13-7-11-5-3-2-4-10(11)6-12(13)8-14;1-6(12)9-4-8(10(13)14)3-2-7(9)5-11;1-7(11)9-5-3-2-4-8(9)6-10;/h2-15H,1H2;2-13H,1H2;2-10H,1H3;2-11H,1H2;2-8H,1H3;2-5H,1H3;2-6H,1H3;1H4. The van der Waals surface area contributed by atoms with Gasteiger partial charge in [0.2, 0.25) is 0 Å². The monoisotopic (exact) mass is 1580 g/mol. The lowest BCUT2D eigenvalue weighted by molar-refractivity contribution is -0.384. The Hall–Kier alpha value is -15.9. The van der Waals surface area contributed by atoms with Crippen molar-refractivity contribution in [1.82, 2.24) is 0 Å². The number of nitro benzene ring substituents is 1. The maximum atomic E-state index is 11.6. The largest absolute Gasteiger partial charge is 0.298 e. The summed E-state index contributed by atoms with van der Waals surface area (Å²) in [5.74, 6) is -0.608. The van der Waals surface area contributed by atoms with E-state index in [1.807, 2.05) is 224 Å². The molecule has 0 fully saturated rings. The Labute approximate surface area is 694 Å². The summed E-state index contributed by atoms with van der Waals surface area (Å²) in [5.41, 5.74) is 13.3. The number of carbonyl (C=O) groups is 11. The molecular weight excluding hydrogens is 1500 g/mol. The topological polar surface area (TPSA) is 231 Å². The van der Waals surface area contributed by atoms with E-state index in [9.17, 15) is 62.9 Å². The number of carbonyl (C=O) groups excluding carboxylic acids is 11. The van der Waals surface area contributed by atoms with Crippen LogP contribution in [0.25, 0.3) is 81.4 Å². The molecule has 0 radical (unpaired) electrons. The van der Waals surface area contributed by atoms with E-state index in [0.717, 1.165) is 141 Å². The third kappa shape index (κ3) is 22.1. The third-order valence-corrected chi connectivity index (χ3v) is 19.5. The first-order chi connectivity index (χ1) is 57.6. The fourth-order valence-electron chi connectivity index (χ4n) is 13.3. The SMILES string of the molecule is C.C=C(c1ccccc1)c1cc2cc3ccccc3cc2cc1C=O.C=C(c1ccccc1)c1cc2ccccc2cc1C=O.C=C(c1ccccc1)c1ccccc1C=O.CC(=O)c1cc([N+](=O)[O-])ccc1C=O.CC(=O)c1cc2cc3ccccc3cc2cc1C=O.CC(=O)c1cc2ccccc2cc1C=O.CC(=O)c1ccccc1C=O. The molecule has 0 heterocycles. The second-order valence-corrected chi connectivity index (χ2v) is 27.3. The number of rotatable bonds is 18. The summed E-state index contributed by atoms with van der Waals surface area (Å²) in [6, 6.07) is 103. The van der Waals surface area contributed by atoms with Gasteiger partial charge in [-0.3, -0.25) is 62.9 Å². The van der Waals surface area contributed by atoms with E-state index < -0.39 is 4.92 Å².